The summed E-state index contributed by atoms with van der Waals surface area (Å²) < 4.78 is 28.9. The second-order valence-corrected chi connectivity index (χ2v) is 12.3. The van der Waals surface area contributed by atoms with Crippen molar-refractivity contribution in [2.75, 3.05) is 29.9 Å². The van der Waals surface area contributed by atoms with Crippen LogP contribution in [0.3, 0.4) is 0 Å². The number of anilines is 1. The molecule has 0 spiro atoms. The van der Waals surface area contributed by atoms with Crippen LogP contribution in [0.15, 0.2) is 52.1 Å². The molecule has 0 unspecified atom stereocenters. The number of thioether (sulfide) groups is 1. The van der Waals surface area contributed by atoms with Crippen LogP contribution < -0.4 is 10.6 Å². The molecule has 2 N–H and O–H groups in total. The van der Waals surface area contributed by atoms with Gasteiger partial charge in [0.15, 0.2) is 15.0 Å². The molecule has 34 heavy (non-hydrogen) atoms. The van der Waals surface area contributed by atoms with E-state index in [-0.39, 0.29) is 28.7 Å². The number of furan rings is 1. The molecular formula is C24H32N4O4S2. The number of carbonyl (C=O) groups is 1. The predicted molar refractivity (Wildman–Crippen MR) is 137 cm³/mol. The van der Waals surface area contributed by atoms with Crippen LogP contribution in [0.4, 0.5) is 5.69 Å². The first kappa shape index (κ1) is 24.8. The van der Waals surface area contributed by atoms with Gasteiger partial charge in [0.05, 0.1) is 36.8 Å². The minimum absolute atomic E-state index is 0.00688. The topological polar surface area (TPSA) is 104 Å². The van der Waals surface area contributed by atoms with Gasteiger partial charge in [0, 0.05) is 30.1 Å². The van der Waals surface area contributed by atoms with Gasteiger partial charge in [0.2, 0.25) is 5.91 Å². The molecular weight excluding hydrogens is 472 g/mol. The van der Waals surface area contributed by atoms with Gasteiger partial charge in [0.25, 0.3) is 0 Å². The van der Waals surface area contributed by atoms with Crippen molar-refractivity contribution in [2.45, 2.75) is 50.6 Å². The van der Waals surface area contributed by atoms with Crippen molar-refractivity contribution in [1.82, 2.24) is 10.2 Å². The summed E-state index contributed by atoms with van der Waals surface area (Å²) in [7, 11) is -2.95. The molecule has 1 aromatic carbocycles. The number of hydrogen-bond donors (Lipinski definition) is 2. The summed E-state index contributed by atoms with van der Waals surface area (Å²) in [5.74, 6) is 1.26. The van der Waals surface area contributed by atoms with E-state index >= 15 is 0 Å². The van der Waals surface area contributed by atoms with Gasteiger partial charge >= 0.3 is 0 Å². The van der Waals surface area contributed by atoms with E-state index in [4.69, 9.17) is 4.42 Å². The van der Waals surface area contributed by atoms with Gasteiger partial charge in [-0.3, -0.25) is 14.7 Å². The summed E-state index contributed by atoms with van der Waals surface area (Å²) in [5, 5.41) is 7.07. The summed E-state index contributed by atoms with van der Waals surface area (Å²) in [6, 6.07) is 11.8. The molecule has 0 bridgehead atoms. The number of aliphatic imine (C=N–C) groups is 1. The Kier molecular flexibility index (Phi) is 8.00. The smallest absolute Gasteiger partial charge is 0.224 e. The van der Waals surface area contributed by atoms with E-state index in [1.807, 2.05) is 36.4 Å². The SMILES string of the molecule is CC[C@H](C)N(CCNC(=O)Cc1ccc(NC2=N[C@H]3CS(=O)(=O)C[C@@H]3S2)cc1)Cc1ccco1. The molecule has 1 fully saturated rings. The lowest BCUT2D eigenvalue weighted by molar-refractivity contribution is -0.120. The van der Waals surface area contributed by atoms with Crippen LogP contribution in [0.25, 0.3) is 0 Å². The lowest BCUT2D eigenvalue weighted by Gasteiger charge is -2.27. The molecule has 2 aliphatic rings. The van der Waals surface area contributed by atoms with Gasteiger partial charge in [-0.15, -0.1) is 0 Å². The number of carbonyl (C=O) groups excluding carboxylic acids is 1. The summed E-state index contributed by atoms with van der Waals surface area (Å²) in [5.41, 5.74) is 1.81. The van der Waals surface area contributed by atoms with Crippen LogP contribution in [0, 0.1) is 0 Å². The molecule has 1 amide bonds. The lowest BCUT2D eigenvalue weighted by Crippen LogP contribution is -2.39. The first-order valence-corrected chi connectivity index (χ1v) is 14.4. The first-order valence-electron chi connectivity index (χ1n) is 11.7. The zero-order valence-corrected chi connectivity index (χ0v) is 21.2. The Morgan fingerprint density at radius 1 is 1.26 bits per heavy atom. The third-order valence-electron chi connectivity index (χ3n) is 6.26. The van der Waals surface area contributed by atoms with E-state index < -0.39 is 9.84 Å². The van der Waals surface area contributed by atoms with E-state index in [0.29, 0.717) is 19.0 Å². The highest BCUT2D eigenvalue weighted by molar-refractivity contribution is 8.15. The summed E-state index contributed by atoms with van der Waals surface area (Å²) in [4.78, 5) is 19.3. The van der Waals surface area contributed by atoms with Gasteiger partial charge in [-0.05, 0) is 43.2 Å². The van der Waals surface area contributed by atoms with Crippen LogP contribution in [-0.4, -0.2) is 66.3 Å². The maximum Gasteiger partial charge on any atom is 0.224 e. The second kappa shape index (κ2) is 11.0. The van der Waals surface area contributed by atoms with Crippen molar-refractivity contribution in [3.63, 3.8) is 0 Å². The molecule has 1 saturated heterocycles. The highest BCUT2D eigenvalue weighted by Gasteiger charge is 2.42. The number of benzene rings is 1. The molecule has 10 heteroatoms. The van der Waals surface area contributed by atoms with Crippen molar-refractivity contribution in [3.05, 3.63) is 54.0 Å². The Morgan fingerprint density at radius 3 is 2.74 bits per heavy atom. The molecule has 0 aliphatic carbocycles. The maximum absolute atomic E-state index is 12.4. The van der Waals surface area contributed by atoms with E-state index in [1.165, 1.54) is 11.8 Å². The quantitative estimate of drug-likeness (QED) is 0.513. The average Bonchev–Trinajstić information content (AvgIpc) is 3.49. The van der Waals surface area contributed by atoms with Crippen molar-refractivity contribution in [2.24, 2.45) is 4.99 Å². The molecule has 184 valence electrons. The number of amidine groups is 1. The number of hydrogen-bond acceptors (Lipinski definition) is 8. The molecule has 3 atom stereocenters. The molecule has 0 saturated carbocycles. The molecule has 8 nitrogen and oxygen atoms in total. The lowest BCUT2D eigenvalue weighted by atomic mass is 10.1. The Balaban J connectivity index is 1.21. The normalized spacial score (nSPS) is 21.8. The molecule has 0 radical (unpaired) electrons. The largest absolute Gasteiger partial charge is 0.468 e. The summed E-state index contributed by atoms with van der Waals surface area (Å²) >= 11 is 1.49. The monoisotopic (exact) mass is 504 g/mol. The van der Waals surface area contributed by atoms with Crippen LogP contribution in [-0.2, 0) is 27.6 Å². The first-order chi connectivity index (χ1) is 16.3. The van der Waals surface area contributed by atoms with Gasteiger partial charge in [-0.25, -0.2) is 8.42 Å². The third kappa shape index (κ3) is 6.64. The number of nitrogens with one attached hydrogen (secondary N) is 2. The predicted octanol–water partition coefficient (Wildman–Crippen LogP) is 2.92. The summed E-state index contributed by atoms with van der Waals surface area (Å²) in [6.07, 6.45) is 3.03. The fourth-order valence-corrected chi connectivity index (χ4v) is 7.82. The number of amides is 1. The highest BCUT2D eigenvalue weighted by Crippen LogP contribution is 2.34. The number of fused-ring (bicyclic) bond motifs is 1. The zero-order valence-electron chi connectivity index (χ0n) is 19.6. The van der Waals surface area contributed by atoms with Gasteiger partial charge in [-0.1, -0.05) is 30.8 Å². The maximum atomic E-state index is 12.4. The van der Waals surface area contributed by atoms with Crippen LogP contribution in [0.2, 0.25) is 0 Å². The molecule has 2 aromatic rings. The standard InChI is InChI=1S/C24H32N4O4S2/c1-3-17(2)28(14-20-5-4-12-32-20)11-10-25-23(29)13-18-6-8-19(9-7-18)26-24-27-21-15-34(30,31)16-22(21)33-24/h4-9,12,17,21-22H,3,10-11,13-16H2,1-2H3,(H,25,29)(H,26,27)/t17-,21-,22-/m0/s1. The Morgan fingerprint density at radius 2 is 2.06 bits per heavy atom. The van der Waals surface area contributed by atoms with Gasteiger partial charge in [-0.2, -0.15) is 0 Å². The van der Waals surface area contributed by atoms with Crippen molar-refractivity contribution < 1.29 is 17.6 Å². The minimum Gasteiger partial charge on any atom is -0.468 e. The zero-order chi connectivity index (χ0) is 24.1. The van der Waals surface area contributed by atoms with Crippen LogP contribution >= 0.6 is 11.8 Å². The van der Waals surface area contributed by atoms with Crippen molar-refractivity contribution in [3.8, 4) is 0 Å². The van der Waals surface area contributed by atoms with Crippen molar-refractivity contribution >= 4 is 38.4 Å². The van der Waals surface area contributed by atoms with E-state index in [9.17, 15) is 13.2 Å². The van der Waals surface area contributed by atoms with E-state index in [0.717, 1.165) is 41.7 Å². The number of rotatable bonds is 10. The highest BCUT2D eigenvalue weighted by atomic mass is 32.2. The molecule has 3 heterocycles. The number of nitrogens with zero attached hydrogens (tertiary/aromatic N) is 2. The fourth-order valence-electron chi connectivity index (χ4n) is 4.15. The van der Waals surface area contributed by atoms with E-state index in [1.54, 1.807) is 6.26 Å². The Labute approximate surface area is 205 Å². The Bertz CT molecular complexity index is 1100. The van der Waals surface area contributed by atoms with Crippen molar-refractivity contribution in [1.29, 1.82) is 0 Å². The summed E-state index contributed by atoms with van der Waals surface area (Å²) in [6.45, 7) is 6.41. The number of sulfone groups is 1. The average molecular weight is 505 g/mol. The molecule has 2 aliphatic heterocycles. The Hall–Kier alpha value is -2.30. The minimum atomic E-state index is -2.95. The fraction of sp³-hybridized carbons (Fsp3) is 0.500. The van der Waals surface area contributed by atoms with Gasteiger partial charge in [0.1, 0.15) is 5.76 Å². The van der Waals surface area contributed by atoms with Crippen LogP contribution in [0.5, 0.6) is 0 Å². The second-order valence-electron chi connectivity index (χ2n) is 8.89. The van der Waals surface area contributed by atoms with Gasteiger partial charge < -0.3 is 15.1 Å². The molecule has 4 rings (SSSR count). The van der Waals surface area contributed by atoms with Crippen LogP contribution in [0.1, 0.15) is 31.6 Å². The van der Waals surface area contributed by atoms with E-state index in [2.05, 4.69) is 34.4 Å². The molecule has 1 aromatic heterocycles. The third-order valence-corrected chi connectivity index (χ3v) is 9.40.